The minimum absolute atomic E-state index is 0.0413. The number of benzene rings is 2. The van der Waals surface area contributed by atoms with Gasteiger partial charge in [-0.25, -0.2) is 4.79 Å². The molecule has 0 radical (unpaired) electrons. The highest BCUT2D eigenvalue weighted by Crippen LogP contribution is 2.26. The van der Waals surface area contributed by atoms with Crippen molar-refractivity contribution < 1.29 is 9.53 Å². The van der Waals surface area contributed by atoms with Gasteiger partial charge in [-0.15, -0.1) is 0 Å². The zero-order chi connectivity index (χ0) is 17.5. The Balaban J connectivity index is 2.37. The van der Waals surface area contributed by atoms with E-state index in [-0.39, 0.29) is 17.6 Å². The summed E-state index contributed by atoms with van der Waals surface area (Å²) in [4.78, 5) is 11.9. The third kappa shape index (κ3) is 4.09. The Labute approximate surface area is 141 Å². The average Bonchev–Trinajstić information content (AvgIpc) is 2.59. The average molecular weight is 316 g/mol. The molecule has 24 heavy (non-hydrogen) atoms. The van der Waals surface area contributed by atoms with E-state index in [1.54, 1.807) is 32.1 Å². The predicted molar refractivity (Wildman–Crippen MR) is 91.6 cm³/mol. The molecule has 0 aliphatic heterocycles. The molecule has 0 N–H and O–H groups in total. The van der Waals surface area contributed by atoms with Gasteiger partial charge in [-0.2, -0.15) is 10.5 Å². The number of nitriles is 2. The van der Waals surface area contributed by atoms with Crippen LogP contribution in [-0.2, 0) is 4.74 Å². The number of esters is 1. The third-order valence-electron chi connectivity index (χ3n) is 3.28. The fourth-order valence-electron chi connectivity index (χ4n) is 2.20. The first-order chi connectivity index (χ1) is 11.5. The quantitative estimate of drug-likeness (QED) is 0.621. The molecule has 4 heteroatoms. The maximum Gasteiger partial charge on any atom is 0.338 e. The Bertz CT molecular complexity index is 834. The molecule has 0 spiro atoms. The fourth-order valence-corrected chi connectivity index (χ4v) is 2.20. The number of hydrogen-bond acceptors (Lipinski definition) is 4. The molecule has 0 unspecified atom stereocenters. The molecular weight excluding hydrogens is 300 g/mol. The SMILES string of the molecule is CC(C)OC(=O)c1ccc(-c2ccccc2C=C(C#N)C#N)cc1. The van der Waals surface area contributed by atoms with E-state index in [1.807, 2.05) is 48.5 Å². The minimum atomic E-state index is -0.360. The standard InChI is InChI=1S/C20H16N2O2/c1-14(2)24-20(23)17-9-7-16(8-10-17)19-6-4-3-5-18(19)11-15(12-21)13-22/h3-11,14H,1-2H3. The summed E-state index contributed by atoms with van der Waals surface area (Å²) in [5.74, 6) is -0.360. The van der Waals surface area contributed by atoms with Crippen LogP contribution in [-0.4, -0.2) is 12.1 Å². The highest BCUT2D eigenvalue weighted by molar-refractivity contribution is 5.90. The zero-order valence-electron chi connectivity index (χ0n) is 13.5. The number of nitrogens with zero attached hydrogens (tertiary/aromatic N) is 2. The number of carbonyl (C=O) groups is 1. The van der Waals surface area contributed by atoms with Crippen molar-refractivity contribution in [3.8, 4) is 23.3 Å². The van der Waals surface area contributed by atoms with Crippen molar-refractivity contribution in [3.05, 3.63) is 65.2 Å². The lowest BCUT2D eigenvalue weighted by atomic mass is 9.97. The molecule has 0 heterocycles. The van der Waals surface area contributed by atoms with Crippen LogP contribution in [0.2, 0.25) is 0 Å². The molecule has 0 amide bonds. The Morgan fingerprint density at radius 3 is 2.25 bits per heavy atom. The molecule has 0 aromatic heterocycles. The molecule has 0 aliphatic rings. The van der Waals surface area contributed by atoms with Crippen LogP contribution >= 0.6 is 0 Å². The second kappa shape index (κ2) is 7.76. The van der Waals surface area contributed by atoms with Crippen LogP contribution in [0.25, 0.3) is 17.2 Å². The van der Waals surface area contributed by atoms with Gasteiger partial charge in [0.05, 0.1) is 11.7 Å². The summed E-state index contributed by atoms with van der Waals surface area (Å²) in [6.45, 7) is 3.60. The predicted octanol–water partition coefficient (Wildman–Crippen LogP) is 4.35. The summed E-state index contributed by atoms with van der Waals surface area (Å²) in [5, 5.41) is 17.9. The molecular formula is C20H16N2O2. The Morgan fingerprint density at radius 1 is 1.04 bits per heavy atom. The van der Waals surface area contributed by atoms with Crippen LogP contribution in [0.3, 0.4) is 0 Å². The van der Waals surface area contributed by atoms with E-state index < -0.39 is 0 Å². The summed E-state index contributed by atoms with van der Waals surface area (Å²) in [5.41, 5.74) is 3.06. The van der Waals surface area contributed by atoms with Crippen molar-refractivity contribution in [2.24, 2.45) is 0 Å². The van der Waals surface area contributed by atoms with Crippen LogP contribution in [0.1, 0.15) is 29.8 Å². The van der Waals surface area contributed by atoms with E-state index in [0.717, 1.165) is 16.7 Å². The van der Waals surface area contributed by atoms with E-state index in [4.69, 9.17) is 15.3 Å². The highest BCUT2D eigenvalue weighted by atomic mass is 16.5. The molecule has 0 bridgehead atoms. The largest absolute Gasteiger partial charge is 0.459 e. The van der Waals surface area contributed by atoms with Gasteiger partial charge in [0.25, 0.3) is 0 Å². The maximum atomic E-state index is 11.9. The van der Waals surface area contributed by atoms with Gasteiger partial charge in [-0.3, -0.25) is 0 Å². The minimum Gasteiger partial charge on any atom is -0.459 e. The molecule has 0 atom stereocenters. The lowest BCUT2D eigenvalue weighted by Gasteiger charge is -2.09. The summed E-state index contributed by atoms with van der Waals surface area (Å²) in [6, 6.07) is 18.2. The topological polar surface area (TPSA) is 73.9 Å². The van der Waals surface area contributed by atoms with Crippen LogP contribution in [0.4, 0.5) is 0 Å². The Hall–Kier alpha value is -3.37. The monoisotopic (exact) mass is 316 g/mol. The second-order valence-corrected chi connectivity index (χ2v) is 5.40. The van der Waals surface area contributed by atoms with Crippen molar-refractivity contribution in [2.75, 3.05) is 0 Å². The van der Waals surface area contributed by atoms with E-state index >= 15 is 0 Å². The molecule has 0 saturated carbocycles. The van der Waals surface area contributed by atoms with Gasteiger partial charge in [-0.05, 0) is 48.7 Å². The Morgan fingerprint density at radius 2 is 1.67 bits per heavy atom. The van der Waals surface area contributed by atoms with Gasteiger partial charge in [0, 0.05) is 0 Å². The van der Waals surface area contributed by atoms with Crippen molar-refractivity contribution in [1.29, 1.82) is 10.5 Å². The lowest BCUT2D eigenvalue weighted by molar-refractivity contribution is 0.0378. The van der Waals surface area contributed by atoms with E-state index in [0.29, 0.717) is 5.56 Å². The molecule has 4 nitrogen and oxygen atoms in total. The second-order valence-electron chi connectivity index (χ2n) is 5.40. The van der Waals surface area contributed by atoms with Crippen molar-refractivity contribution in [2.45, 2.75) is 20.0 Å². The van der Waals surface area contributed by atoms with Crippen molar-refractivity contribution in [3.63, 3.8) is 0 Å². The zero-order valence-corrected chi connectivity index (χ0v) is 13.5. The number of rotatable bonds is 4. The van der Waals surface area contributed by atoms with Gasteiger partial charge in [0.15, 0.2) is 0 Å². The number of hydrogen-bond donors (Lipinski definition) is 0. The molecule has 0 fully saturated rings. The lowest BCUT2D eigenvalue weighted by Crippen LogP contribution is -2.11. The number of allylic oxidation sites excluding steroid dienone is 1. The highest BCUT2D eigenvalue weighted by Gasteiger charge is 2.10. The fraction of sp³-hybridized carbons (Fsp3) is 0.150. The van der Waals surface area contributed by atoms with E-state index in [1.165, 1.54) is 0 Å². The van der Waals surface area contributed by atoms with Gasteiger partial charge in [0.2, 0.25) is 0 Å². The van der Waals surface area contributed by atoms with Gasteiger partial charge < -0.3 is 4.74 Å². The summed E-state index contributed by atoms with van der Waals surface area (Å²) >= 11 is 0. The molecule has 2 rings (SSSR count). The molecule has 118 valence electrons. The van der Waals surface area contributed by atoms with Gasteiger partial charge in [-0.1, -0.05) is 36.4 Å². The third-order valence-corrected chi connectivity index (χ3v) is 3.28. The smallest absolute Gasteiger partial charge is 0.338 e. The number of ether oxygens (including phenoxy) is 1. The first-order valence-electron chi connectivity index (χ1n) is 7.47. The number of carbonyl (C=O) groups excluding carboxylic acids is 1. The summed E-state index contributed by atoms with van der Waals surface area (Å²) in [7, 11) is 0. The van der Waals surface area contributed by atoms with Crippen molar-refractivity contribution in [1.82, 2.24) is 0 Å². The first-order valence-corrected chi connectivity index (χ1v) is 7.47. The maximum absolute atomic E-state index is 11.9. The summed E-state index contributed by atoms with van der Waals surface area (Å²) in [6.07, 6.45) is 1.38. The normalized spacial score (nSPS) is 9.71. The Kier molecular flexibility index (Phi) is 5.49. The van der Waals surface area contributed by atoms with Crippen LogP contribution in [0.15, 0.2) is 54.1 Å². The first kappa shape index (κ1) is 17.0. The molecule has 0 aliphatic carbocycles. The van der Waals surface area contributed by atoms with Crippen LogP contribution < -0.4 is 0 Å². The van der Waals surface area contributed by atoms with Gasteiger partial charge in [0.1, 0.15) is 17.7 Å². The van der Waals surface area contributed by atoms with E-state index in [9.17, 15) is 4.79 Å². The van der Waals surface area contributed by atoms with Crippen LogP contribution in [0.5, 0.6) is 0 Å². The van der Waals surface area contributed by atoms with Crippen LogP contribution in [0, 0.1) is 22.7 Å². The molecule has 2 aromatic carbocycles. The molecule has 0 saturated heterocycles. The van der Waals surface area contributed by atoms with E-state index in [2.05, 4.69) is 0 Å². The van der Waals surface area contributed by atoms with Crippen molar-refractivity contribution >= 4 is 12.0 Å². The van der Waals surface area contributed by atoms with Gasteiger partial charge >= 0.3 is 5.97 Å². The molecule has 2 aromatic rings. The summed E-state index contributed by atoms with van der Waals surface area (Å²) < 4.78 is 5.17.